The summed E-state index contributed by atoms with van der Waals surface area (Å²) in [5, 5.41) is 0. The van der Waals surface area contributed by atoms with E-state index in [1.807, 2.05) is 23.1 Å². The molecule has 198 valence electrons. The molecule has 2 aliphatic heterocycles. The van der Waals surface area contributed by atoms with E-state index in [9.17, 15) is 18.4 Å². The van der Waals surface area contributed by atoms with Crippen LogP contribution in [0.25, 0.3) is 0 Å². The predicted octanol–water partition coefficient (Wildman–Crippen LogP) is 4.35. The Morgan fingerprint density at radius 1 is 1.03 bits per heavy atom. The summed E-state index contributed by atoms with van der Waals surface area (Å²) in [7, 11) is 0. The summed E-state index contributed by atoms with van der Waals surface area (Å²) < 4.78 is 28.5. The van der Waals surface area contributed by atoms with Crippen LogP contribution in [-0.4, -0.2) is 59.8 Å². The number of nitrogens with zero attached hydrogens (tertiary/aromatic N) is 2. The zero-order valence-corrected chi connectivity index (χ0v) is 22.0. The van der Waals surface area contributed by atoms with Gasteiger partial charge in [0, 0.05) is 49.6 Å². The molecule has 5 nitrogen and oxygen atoms in total. The van der Waals surface area contributed by atoms with Gasteiger partial charge in [0.15, 0.2) is 5.78 Å². The molecule has 0 aromatic heterocycles. The van der Waals surface area contributed by atoms with Gasteiger partial charge in [0.1, 0.15) is 11.6 Å². The van der Waals surface area contributed by atoms with Crippen molar-refractivity contribution in [1.82, 2.24) is 9.80 Å². The number of carbonyl (C=O) groups is 2. The van der Waals surface area contributed by atoms with Crippen LogP contribution in [0.5, 0.6) is 0 Å². The number of hydrogen-bond acceptors (Lipinski definition) is 4. The first-order valence-corrected chi connectivity index (χ1v) is 13.3. The molecule has 3 aliphatic rings. The van der Waals surface area contributed by atoms with E-state index in [1.54, 1.807) is 0 Å². The fourth-order valence-corrected chi connectivity index (χ4v) is 6.91. The summed E-state index contributed by atoms with van der Waals surface area (Å²) in [4.78, 5) is 30.7. The fourth-order valence-electron chi connectivity index (χ4n) is 6.91. The van der Waals surface area contributed by atoms with Gasteiger partial charge < -0.3 is 10.6 Å². The highest BCUT2D eigenvalue weighted by molar-refractivity contribution is 5.89. The van der Waals surface area contributed by atoms with E-state index in [0.717, 1.165) is 30.9 Å². The molecule has 37 heavy (non-hydrogen) atoms. The van der Waals surface area contributed by atoms with E-state index in [1.165, 1.54) is 17.7 Å². The van der Waals surface area contributed by atoms with E-state index in [2.05, 4.69) is 31.7 Å². The van der Waals surface area contributed by atoms with Crippen molar-refractivity contribution < 1.29 is 18.4 Å². The Morgan fingerprint density at radius 3 is 2.38 bits per heavy atom. The fraction of sp³-hybridized carbons (Fsp3) is 0.533. The number of carbonyl (C=O) groups excluding carboxylic acids is 2. The number of ketones is 1. The minimum absolute atomic E-state index is 0.0347. The van der Waals surface area contributed by atoms with Gasteiger partial charge in [-0.15, -0.1) is 0 Å². The third-order valence-electron chi connectivity index (χ3n) is 9.07. The van der Waals surface area contributed by atoms with Crippen molar-refractivity contribution in [3.63, 3.8) is 0 Å². The van der Waals surface area contributed by atoms with Gasteiger partial charge in [0.2, 0.25) is 5.91 Å². The molecule has 1 aliphatic carbocycles. The standard InChI is InChI=1S/C30H37F2N3O2/c1-29(2,3)35-17-23(21-9-8-19(31)14-26(21)32)24(18-35)28(37)34-12-10-30(11-13-34)15-22(27(36)16-33)20-6-4-5-7-25(20)30/h4-9,14,22-24H,10-13,15-18,33H2,1-3H3/t22?,23-,24+/m0/s1. The first-order chi connectivity index (χ1) is 17.5. The van der Waals surface area contributed by atoms with Crippen LogP contribution in [0.1, 0.15) is 68.6 Å². The van der Waals surface area contributed by atoms with E-state index in [-0.39, 0.29) is 41.0 Å². The lowest BCUT2D eigenvalue weighted by Crippen LogP contribution is -2.48. The normalized spacial score (nSPS) is 25.5. The number of piperidine rings is 1. The summed E-state index contributed by atoms with van der Waals surface area (Å²) in [5.74, 6) is -1.99. The molecule has 1 unspecified atom stereocenters. The van der Waals surface area contributed by atoms with Crippen molar-refractivity contribution in [3.8, 4) is 0 Å². The minimum Gasteiger partial charge on any atom is -0.342 e. The number of benzene rings is 2. The summed E-state index contributed by atoms with van der Waals surface area (Å²) in [6, 6.07) is 11.9. The monoisotopic (exact) mass is 509 g/mol. The number of rotatable bonds is 4. The van der Waals surface area contributed by atoms with Gasteiger partial charge in [-0.05, 0) is 68.2 Å². The highest BCUT2D eigenvalue weighted by Crippen LogP contribution is 2.52. The van der Waals surface area contributed by atoms with Crippen molar-refractivity contribution in [2.75, 3.05) is 32.7 Å². The lowest BCUT2D eigenvalue weighted by atomic mass is 9.73. The number of fused-ring (bicyclic) bond motifs is 2. The Labute approximate surface area is 218 Å². The Balaban J connectivity index is 1.37. The quantitative estimate of drug-likeness (QED) is 0.666. The van der Waals surface area contributed by atoms with E-state index < -0.39 is 17.6 Å². The number of nitrogens with two attached hydrogens (primary N) is 1. The maximum Gasteiger partial charge on any atom is 0.227 e. The van der Waals surface area contributed by atoms with Crippen LogP contribution in [0.2, 0.25) is 0 Å². The molecule has 2 heterocycles. The smallest absolute Gasteiger partial charge is 0.227 e. The van der Waals surface area contributed by atoms with Gasteiger partial charge in [-0.2, -0.15) is 0 Å². The topological polar surface area (TPSA) is 66.6 Å². The predicted molar refractivity (Wildman–Crippen MR) is 139 cm³/mol. The van der Waals surface area contributed by atoms with Crippen molar-refractivity contribution >= 4 is 11.7 Å². The molecular weight excluding hydrogens is 472 g/mol. The molecule has 0 bridgehead atoms. The van der Waals surface area contributed by atoms with Gasteiger partial charge in [0.25, 0.3) is 0 Å². The average molecular weight is 510 g/mol. The second-order valence-electron chi connectivity index (χ2n) is 12.1. The second kappa shape index (κ2) is 9.59. The molecule has 2 saturated heterocycles. The van der Waals surface area contributed by atoms with E-state index in [4.69, 9.17) is 5.73 Å². The Kier molecular flexibility index (Phi) is 6.73. The second-order valence-corrected chi connectivity index (χ2v) is 12.1. The maximum absolute atomic E-state index is 14.9. The van der Waals surface area contributed by atoms with Crippen LogP contribution < -0.4 is 5.73 Å². The largest absolute Gasteiger partial charge is 0.342 e. The summed E-state index contributed by atoms with van der Waals surface area (Å²) >= 11 is 0. The summed E-state index contributed by atoms with van der Waals surface area (Å²) in [6.07, 6.45) is 2.32. The molecule has 0 saturated carbocycles. The zero-order chi connectivity index (χ0) is 26.5. The maximum atomic E-state index is 14.9. The van der Waals surface area contributed by atoms with Crippen LogP contribution in [0, 0.1) is 17.6 Å². The minimum atomic E-state index is -0.612. The summed E-state index contributed by atoms with van der Waals surface area (Å²) in [5.41, 5.74) is 8.14. The van der Waals surface area contributed by atoms with E-state index in [0.29, 0.717) is 31.7 Å². The van der Waals surface area contributed by atoms with Crippen molar-refractivity contribution in [2.24, 2.45) is 11.7 Å². The van der Waals surface area contributed by atoms with Crippen molar-refractivity contribution in [3.05, 3.63) is 70.8 Å². The van der Waals surface area contributed by atoms with E-state index >= 15 is 0 Å². The third kappa shape index (κ3) is 4.61. The third-order valence-corrected chi connectivity index (χ3v) is 9.07. The number of hydrogen-bond donors (Lipinski definition) is 1. The van der Waals surface area contributed by atoms with Crippen molar-refractivity contribution in [1.29, 1.82) is 0 Å². The molecule has 2 fully saturated rings. The molecule has 1 amide bonds. The molecule has 3 atom stereocenters. The zero-order valence-electron chi connectivity index (χ0n) is 22.0. The molecule has 0 radical (unpaired) electrons. The van der Waals surface area contributed by atoms with Gasteiger partial charge in [-0.1, -0.05) is 30.3 Å². The Morgan fingerprint density at radius 2 is 1.73 bits per heavy atom. The molecule has 5 rings (SSSR count). The lowest BCUT2D eigenvalue weighted by molar-refractivity contribution is -0.137. The first-order valence-electron chi connectivity index (χ1n) is 13.3. The van der Waals surface area contributed by atoms with Crippen LogP contribution in [0.4, 0.5) is 8.78 Å². The number of likely N-dealkylation sites (tertiary alicyclic amines) is 2. The highest BCUT2D eigenvalue weighted by Gasteiger charge is 2.49. The highest BCUT2D eigenvalue weighted by atomic mass is 19.1. The Hall–Kier alpha value is -2.64. The van der Waals surface area contributed by atoms with Crippen LogP contribution >= 0.6 is 0 Å². The molecule has 7 heteroatoms. The lowest BCUT2D eigenvalue weighted by Gasteiger charge is -2.41. The molecule has 2 N–H and O–H groups in total. The average Bonchev–Trinajstić information content (AvgIpc) is 3.45. The van der Waals surface area contributed by atoms with Crippen LogP contribution in [0.15, 0.2) is 42.5 Å². The molecule has 2 aromatic carbocycles. The number of halogens is 2. The summed E-state index contributed by atoms with van der Waals surface area (Å²) in [6.45, 7) is 8.62. The number of Topliss-reactive ketones (excluding diaryl/α,β-unsaturated/α-hetero) is 1. The van der Waals surface area contributed by atoms with Crippen LogP contribution in [-0.2, 0) is 15.0 Å². The molecule has 2 aromatic rings. The van der Waals surface area contributed by atoms with Gasteiger partial charge in [-0.25, -0.2) is 8.78 Å². The number of amides is 1. The van der Waals surface area contributed by atoms with Gasteiger partial charge in [0.05, 0.1) is 12.5 Å². The van der Waals surface area contributed by atoms with Gasteiger partial charge in [-0.3, -0.25) is 14.5 Å². The molecular formula is C30H37F2N3O2. The Bertz CT molecular complexity index is 1200. The van der Waals surface area contributed by atoms with Gasteiger partial charge >= 0.3 is 0 Å². The van der Waals surface area contributed by atoms with Crippen molar-refractivity contribution in [2.45, 2.75) is 62.8 Å². The SMILES string of the molecule is CC(C)(C)N1C[C@@H](C(=O)N2CCC3(CC2)CC(C(=O)CN)c2ccccc23)[C@H](c2ccc(F)cc2F)C1. The van der Waals surface area contributed by atoms with Crippen LogP contribution in [0.3, 0.4) is 0 Å². The molecule has 1 spiro atoms. The first kappa shape index (κ1) is 26.0.